The van der Waals surface area contributed by atoms with E-state index in [1.54, 1.807) is 6.07 Å². The second-order valence-electron chi connectivity index (χ2n) is 5.33. The molecule has 0 spiro atoms. The second kappa shape index (κ2) is 5.41. The molecule has 3 N–H and O–H groups in total. The zero-order chi connectivity index (χ0) is 15.8. The van der Waals surface area contributed by atoms with Crippen molar-refractivity contribution in [3.8, 4) is 0 Å². The molecule has 0 saturated carbocycles. The summed E-state index contributed by atoms with van der Waals surface area (Å²) in [4.78, 5) is 0.186. The summed E-state index contributed by atoms with van der Waals surface area (Å²) < 4.78 is 27.8. The van der Waals surface area contributed by atoms with Crippen LogP contribution in [-0.4, -0.2) is 8.42 Å². The van der Waals surface area contributed by atoms with Crippen molar-refractivity contribution >= 4 is 21.4 Å². The highest BCUT2D eigenvalue weighted by atomic mass is 32.2. The second-order valence-corrected chi connectivity index (χ2v) is 7.01. The lowest BCUT2D eigenvalue weighted by Crippen LogP contribution is -2.15. The van der Waals surface area contributed by atoms with Crippen LogP contribution in [0.25, 0.3) is 0 Å². The summed E-state index contributed by atoms with van der Waals surface area (Å²) in [6.45, 7) is 7.48. The van der Waals surface area contributed by atoms with Crippen molar-refractivity contribution in [2.75, 3.05) is 10.5 Å². The molecule has 0 unspecified atom stereocenters. The van der Waals surface area contributed by atoms with Gasteiger partial charge in [-0.05, 0) is 62.1 Å². The summed E-state index contributed by atoms with van der Waals surface area (Å²) in [5.74, 6) is 0. The number of hydrogen-bond donors (Lipinski definition) is 2. The molecule has 5 heteroatoms. The topological polar surface area (TPSA) is 72.2 Å². The van der Waals surface area contributed by atoms with Gasteiger partial charge in [-0.15, -0.1) is 0 Å². The van der Waals surface area contributed by atoms with E-state index in [9.17, 15) is 8.42 Å². The van der Waals surface area contributed by atoms with Crippen LogP contribution in [0, 0.1) is 27.7 Å². The number of nitrogen functional groups attached to an aromatic ring is 1. The van der Waals surface area contributed by atoms with Crippen LogP contribution >= 0.6 is 0 Å². The molecule has 0 atom stereocenters. The van der Waals surface area contributed by atoms with Gasteiger partial charge in [-0.2, -0.15) is 0 Å². The number of rotatable bonds is 3. The number of nitrogens with two attached hydrogens (primary N) is 1. The van der Waals surface area contributed by atoms with Gasteiger partial charge < -0.3 is 5.73 Å². The summed E-state index contributed by atoms with van der Waals surface area (Å²) in [5.41, 5.74) is 10.5. The predicted octanol–water partition coefficient (Wildman–Crippen LogP) is 3.30. The fraction of sp³-hybridized carbons (Fsp3) is 0.250. The van der Waals surface area contributed by atoms with Crippen LogP contribution < -0.4 is 10.5 Å². The summed E-state index contributed by atoms with van der Waals surface area (Å²) in [7, 11) is -3.65. The number of nitrogens with one attached hydrogen (secondary N) is 1. The third-order valence-electron chi connectivity index (χ3n) is 3.71. The normalized spacial score (nSPS) is 11.4. The number of anilines is 2. The Morgan fingerprint density at radius 1 is 0.952 bits per heavy atom. The van der Waals surface area contributed by atoms with E-state index in [0.29, 0.717) is 11.4 Å². The number of sulfonamides is 1. The Balaban J connectivity index is 2.49. The van der Waals surface area contributed by atoms with Gasteiger partial charge in [-0.25, -0.2) is 8.42 Å². The summed E-state index contributed by atoms with van der Waals surface area (Å²) >= 11 is 0. The molecular weight excluding hydrogens is 284 g/mol. The van der Waals surface area contributed by atoms with E-state index in [1.807, 2.05) is 45.9 Å². The molecule has 2 aromatic carbocycles. The monoisotopic (exact) mass is 304 g/mol. The predicted molar refractivity (Wildman–Crippen MR) is 87.1 cm³/mol. The van der Waals surface area contributed by atoms with Gasteiger partial charge in [0.2, 0.25) is 0 Å². The van der Waals surface area contributed by atoms with E-state index < -0.39 is 10.0 Å². The van der Waals surface area contributed by atoms with Crippen molar-refractivity contribution in [1.82, 2.24) is 0 Å². The quantitative estimate of drug-likeness (QED) is 0.855. The van der Waals surface area contributed by atoms with E-state index in [-0.39, 0.29) is 4.90 Å². The molecule has 0 aliphatic heterocycles. The number of aryl methyl sites for hydroxylation is 3. The molecule has 0 radical (unpaired) electrons. The molecule has 0 heterocycles. The van der Waals surface area contributed by atoms with Crippen LogP contribution in [0.5, 0.6) is 0 Å². The van der Waals surface area contributed by atoms with Crippen LogP contribution in [0.3, 0.4) is 0 Å². The van der Waals surface area contributed by atoms with Gasteiger partial charge in [0.15, 0.2) is 0 Å². The largest absolute Gasteiger partial charge is 0.398 e. The molecule has 2 aromatic rings. The van der Waals surface area contributed by atoms with E-state index in [2.05, 4.69) is 4.72 Å². The van der Waals surface area contributed by atoms with Gasteiger partial charge in [0.25, 0.3) is 10.0 Å². The molecule has 0 saturated heterocycles. The summed E-state index contributed by atoms with van der Waals surface area (Å²) in [6.07, 6.45) is 0. The van der Waals surface area contributed by atoms with Crippen LogP contribution in [0.4, 0.5) is 11.4 Å². The zero-order valence-corrected chi connectivity index (χ0v) is 13.5. The Morgan fingerprint density at radius 3 is 2.05 bits per heavy atom. The highest BCUT2D eigenvalue weighted by Crippen LogP contribution is 2.26. The van der Waals surface area contributed by atoms with Crippen molar-refractivity contribution < 1.29 is 8.42 Å². The third-order valence-corrected chi connectivity index (χ3v) is 5.04. The van der Waals surface area contributed by atoms with Crippen molar-refractivity contribution in [2.45, 2.75) is 32.6 Å². The first kappa shape index (κ1) is 15.4. The van der Waals surface area contributed by atoms with E-state index >= 15 is 0 Å². The van der Waals surface area contributed by atoms with Crippen molar-refractivity contribution in [3.05, 3.63) is 52.6 Å². The number of benzene rings is 2. The molecule has 0 aromatic heterocycles. The lowest BCUT2D eigenvalue weighted by Gasteiger charge is -2.15. The van der Waals surface area contributed by atoms with Gasteiger partial charge in [0, 0.05) is 5.69 Å². The fourth-order valence-corrected chi connectivity index (χ4v) is 3.50. The van der Waals surface area contributed by atoms with Crippen LogP contribution in [0.15, 0.2) is 35.2 Å². The molecule has 0 fully saturated rings. The first-order valence-corrected chi connectivity index (χ1v) is 8.16. The van der Waals surface area contributed by atoms with Crippen LogP contribution in [0.1, 0.15) is 22.3 Å². The highest BCUT2D eigenvalue weighted by molar-refractivity contribution is 7.92. The van der Waals surface area contributed by atoms with Gasteiger partial charge in [-0.3, -0.25) is 4.72 Å². The minimum Gasteiger partial charge on any atom is -0.398 e. The van der Waals surface area contributed by atoms with Crippen molar-refractivity contribution in [3.63, 3.8) is 0 Å². The minimum atomic E-state index is -3.65. The molecule has 112 valence electrons. The summed E-state index contributed by atoms with van der Waals surface area (Å²) in [6, 6.07) is 8.79. The number of para-hydroxylation sites is 1. The van der Waals surface area contributed by atoms with Crippen molar-refractivity contribution in [2.24, 2.45) is 0 Å². The third kappa shape index (κ3) is 3.03. The lowest BCUT2D eigenvalue weighted by atomic mass is 10.1. The van der Waals surface area contributed by atoms with Gasteiger partial charge in [-0.1, -0.05) is 18.2 Å². The van der Waals surface area contributed by atoms with E-state index in [1.165, 1.54) is 6.07 Å². The maximum absolute atomic E-state index is 12.6. The molecule has 2 rings (SSSR count). The Hall–Kier alpha value is -2.01. The highest BCUT2D eigenvalue weighted by Gasteiger charge is 2.18. The summed E-state index contributed by atoms with van der Waals surface area (Å²) in [5, 5.41) is 0. The van der Waals surface area contributed by atoms with Gasteiger partial charge in [0.05, 0.1) is 10.6 Å². The first-order chi connectivity index (χ1) is 9.72. The lowest BCUT2D eigenvalue weighted by molar-refractivity contribution is 0.601. The van der Waals surface area contributed by atoms with E-state index in [0.717, 1.165) is 22.3 Å². The Kier molecular flexibility index (Phi) is 3.96. The Labute approximate surface area is 126 Å². The average Bonchev–Trinajstić information content (AvgIpc) is 2.40. The Morgan fingerprint density at radius 2 is 1.52 bits per heavy atom. The SMILES string of the molecule is Cc1cc(S(=O)(=O)Nc2c(C)cccc2C)cc(N)c1C. The smallest absolute Gasteiger partial charge is 0.261 e. The maximum Gasteiger partial charge on any atom is 0.261 e. The van der Waals surface area contributed by atoms with E-state index in [4.69, 9.17) is 5.73 Å². The molecule has 0 bridgehead atoms. The minimum absolute atomic E-state index is 0.186. The fourth-order valence-electron chi connectivity index (χ4n) is 2.18. The first-order valence-electron chi connectivity index (χ1n) is 6.68. The molecule has 21 heavy (non-hydrogen) atoms. The van der Waals surface area contributed by atoms with Gasteiger partial charge >= 0.3 is 0 Å². The standard InChI is InChI=1S/C16H20N2O2S/c1-10-6-5-7-11(2)16(10)18-21(19,20)14-8-12(3)13(4)15(17)9-14/h5-9,18H,17H2,1-4H3. The maximum atomic E-state index is 12.6. The van der Waals surface area contributed by atoms with Crippen LogP contribution in [0.2, 0.25) is 0 Å². The molecule has 0 amide bonds. The molecule has 0 aliphatic rings. The van der Waals surface area contributed by atoms with Gasteiger partial charge in [0.1, 0.15) is 0 Å². The zero-order valence-electron chi connectivity index (χ0n) is 12.7. The van der Waals surface area contributed by atoms with Crippen LogP contribution in [-0.2, 0) is 10.0 Å². The Bertz CT molecular complexity index is 753. The molecule has 0 aliphatic carbocycles. The number of hydrogen-bond acceptors (Lipinski definition) is 3. The molecule has 4 nitrogen and oxygen atoms in total. The average molecular weight is 304 g/mol. The van der Waals surface area contributed by atoms with Crippen molar-refractivity contribution in [1.29, 1.82) is 0 Å². The molecular formula is C16H20N2O2S.